The molecule has 1 atom stereocenters. The lowest BCUT2D eigenvalue weighted by Crippen LogP contribution is -2.37. The molecule has 0 saturated heterocycles. The van der Waals surface area contributed by atoms with Gasteiger partial charge in [-0.05, 0) is 36.2 Å². The number of fused-ring (bicyclic) bond motifs is 1. The summed E-state index contributed by atoms with van der Waals surface area (Å²) >= 11 is 6.14. The molecule has 0 unspecified atom stereocenters. The van der Waals surface area contributed by atoms with Crippen LogP contribution in [0.15, 0.2) is 68.4 Å². The van der Waals surface area contributed by atoms with Gasteiger partial charge in [-0.25, -0.2) is 4.98 Å². The minimum atomic E-state index is -0.426. The van der Waals surface area contributed by atoms with E-state index in [9.17, 15) is 9.59 Å². The Morgan fingerprint density at radius 2 is 1.94 bits per heavy atom. The number of nitrogens with one attached hydrogen (secondary N) is 1. The Kier molecular flexibility index (Phi) is 7.12. The standard InChI is InChI=1S/C22H20BrN5O2S2/c1-3-19(32-22-24-16-6-4-5-7-18(16)28(22)13(2)29)20(30)25-21-27-26-17(12-31-21)14-8-10-15(23)11-9-14/h4-11,19H,3,12H2,1-2H3,(H,25,27,30)/t19-/m1/s1. The fourth-order valence-corrected chi connectivity index (χ4v) is 5.27. The second-order valence-electron chi connectivity index (χ2n) is 6.99. The summed E-state index contributed by atoms with van der Waals surface area (Å²) in [6.45, 7) is 3.42. The van der Waals surface area contributed by atoms with Crippen molar-refractivity contribution in [2.45, 2.75) is 30.7 Å². The molecular formula is C22H20BrN5O2S2. The molecule has 0 saturated carbocycles. The summed E-state index contributed by atoms with van der Waals surface area (Å²) in [5, 5.41) is 11.9. The van der Waals surface area contributed by atoms with Crippen LogP contribution in [0.3, 0.4) is 0 Å². The first-order valence-corrected chi connectivity index (χ1v) is 12.6. The summed E-state index contributed by atoms with van der Waals surface area (Å²) in [5.74, 6) is 0.289. The van der Waals surface area contributed by atoms with E-state index in [1.54, 1.807) is 4.57 Å². The van der Waals surface area contributed by atoms with Crippen molar-refractivity contribution < 1.29 is 9.59 Å². The highest BCUT2D eigenvalue weighted by molar-refractivity contribution is 9.10. The van der Waals surface area contributed by atoms with E-state index in [4.69, 9.17) is 0 Å². The fraction of sp³-hybridized carbons (Fsp3) is 0.227. The smallest absolute Gasteiger partial charge is 0.239 e. The number of thioether (sulfide) groups is 2. The lowest BCUT2D eigenvalue weighted by Gasteiger charge is -2.17. The first-order chi connectivity index (χ1) is 15.5. The van der Waals surface area contributed by atoms with E-state index in [-0.39, 0.29) is 11.8 Å². The molecule has 7 nitrogen and oxygen atoms in total. The van der Waals surface area contributed by atoms with E-state index in [0.717, 1.165) is 26.8 Å². The van der Waals surface area contributed by atoms with Crippen LogP contribution in [0.4, 0.5) is 0 Å². The number of para-hydroxylation sites is 2. The highest BCUT2D eigenvalue weighted by Crippen LogP contribution is 2.29. The number of amides is 1. The maximum atomic E-state index is 12.9. The van der Waals surface area contributed by atoms with Crippen molar-refractivity contribution in [2.75, 3.05) is 5.75 Å². The van der Waals surface area contributed by atoms with Gasteiger partial charge < -0.3 is 5.32 Å². The van der Waals surface area contributed by atoms with Crippen LogP contribution in [0, 0.1) is 0 Å². The van der Waals surface area contributed by atoms with Crippen molar-refractivity contribution in [3.63, 3.8) is 0 Å². The summed E-state index contributed by atoms with van der Waals surface area (Å²) in [4.78, 5) is 29.7. The minimum Gasteiger partial charge on any atom is -0.303 e. The maximum Gasteiger partial charge on any atom is 0.239 e. The molecule has 1 amide bonds. The number of hydrogen-bond acceptors (Lipinski definition) is 7. The maximum absolute atomic E-state index is 12.9. The molecule has 0 radical (unpaired) electrons. The van der Waals surface area contributed by atoms with E-state index >= 15 is 0 Å². The van der Waals surface area contributed by atoms with Crippen molar-refractivity contribution in [2.24, 2.45) is 10.2 Å². The van der Waals surface area contributed by atoms with Crippen molar-refractivity contribution >= 4 is 73.2 Å². The molecule has 164 valence electrons. The molecule has 0 aliphatic carbocycles. The Hall–Kier alpha value is -2.43. The Morgan fingerprint density at radius 1 is 1.19 bits per heavy atom. The summed E-state index contributed by atoms with van der Waals surface area (Å²) in [6, 6.07) is 15.3. The highest BCUT2D eigenvalue weighted by atomic mass is 79.9. The lowest BCUT2D eigenvalue weighted by molar-refractivity contribution is -0.119. The third kappa shape index (κ3) is 4.97. The van der Waals surface area contributed by atoms with Crippen molar-refractivity contribution in [3.05, 3.63) is 58.6 Å². The number of imidazole rings is 1. The average Bonchev–Trinajstić information content (AvgIpc) is 3.17. The minimum absolute atomic E-state index is 0.140. The molecule has 32 heavy (non-hydrogen) atoms. The van der Waals surface area contributed by atoms with Crippen LogP contribution >= 0.6 is 39.5 Å². The number of amidine groups is 1. The average molecular weight is 530 g/mol. The summed E-state index contributed by atoms with van der Waals surface area (Å²) < 4.78 is 2.56. The number of rotatable bonds is 5. The first kappa shape index (κ1) is 22.8. The number of carbonyl (C=O) groups excluding carboxylic acids is 2. The molecule has 0 bridgehead atoms. The molecule has 1 aliphatic rings. The van der Waals surface area contributed by atoms with E-state index in [1.807, 2.05) is 55.5 Å². The zero-order valence-corrected chi connectivity index (χ0v) is 20.6. The molecule has 1 aliphatic heterocycles. The van der Waals surface area contributed by atoms with Crippen LogP contribution in [0.1, 0.15) is 30.6 Å². The van der Waals surface area contributed by atoms with E-state index in [1.165, 1.54) is 30.4 Å². The fourth-order valence-electron chi connectivity index (χ4n) is 3.17. The van der Waals surface area contributed by atoms with Crippen molar-refractivity contribution in [1.82, 2.24) is 14.9 Å². The first-order valence-electron chi connectivity index (χ1n) is 9.95. The Labute approximate surface area is 202 Å². The van der Waals surface area contributed by atoms with Crippen LogP contribution in [0.5, 0.6) is 0 Å². The van der Waals surface area contributed by atoms with Crippen LogP contribution in [-0.4, -0.2) is 43.2 Å². The van der Waals surface area contributed by atoms with Gasteiger partial charge in [-0.15, -0.1) is 5.10 Å². The van der Waals surface area contributed by atoms with E-state index in [0.29, 0.717) is 22.5 Å². The molecule has 1 N–H and O–H groups in total. The van der Waals surface area contributed by atoms with E-state index in [2.05, 4.69) is 36.4 Å². The van der Waals surface area contributed by atoms with Crippen LogP contribution in [0.2, 0.25) is 0 Å². The number of benzene rings is 2. The number of aromatic nitrogens is 2. The van der Waals surface area contributed by atoms with Gasteiger partial charge >= 0.3 is 0 Å². The van der Waals surface area contributed by atoms with Gasteiger partial charge in [-0.3, -0.25) is 14.2 Å². The molecule has 1 aromatic heterocycles. The SMILES string of the molecule is CC[C@@H](Sc1nc2ccccc2n1C(C)=O)C(=O)NC1=NN=C(c2ccc(Br)cc2)CS1. The topological polar surface area (TPSA) is 88.7 Å². The summed E-state index contributed by atoms with van der Waals surface area (Å²) in [7, 11) is 0. The molecule has 2 aromatic carbocycles. The second kappa shape index (κ2) is 10.0. The number of hydrogen-bond donors (Lipinski definition) is 1. The van der Waals surface area contributed by atoms with Crippen LogP contribution in [-0.2, 0) is 4.79 Å². The normalized spacial score (nSPS) is 14.6. The Morgan fingerprint density at radius 3 is 2.59 bits per heavy atom. The predicted molar refractivity (Wildman–Crippen MR) is 135 cm³/mol. The quantitative estimate of drug-likeness (QED) is 0.472. The van der Waals surface area contributed by atoms with Crippen LogP contribution in [0.25, 0.3) is 11.0 Å². The molecular weight excluding hydrogens is 510 g/mol. The number of nitrogens with zero attached hydrogens (tertiary/aromatic N) is 4. The zero-order valence-electron chi connectivity index (χ0n) is 17.4. The second-order valence-corrected chi connectivity index (χ2v) is 10.0. The zero-order chi connectivity index (χ0) is 22.7. The number of halogens is 1. The van der Waals surface area contributed by atoms with Gasteiger partial charge in [0.1, 0.15) is 0 Å². The molecule has 0 spiro atoms. The summed E-state index contributed by atoms with van der Waals surface area (Å²) in [5.41, 5.74) is 3.32. The summed E-state index contributed by atoms with van der Waals surface area (Å²) in [6.07, 6.45) is 0.572. The lowest BCUT2D eigenvalue weighted by atomic mass is 10.1. The monoisotopic (exact) mass is 529 g/mol. The molecule has 0 fully saturated rings. The van der Waals surface area contributed by atoms with Gasteiger partial charge in [0.05, 0.1) is 22.0 Å². The Bertz CT molecular complexity index is 1240. The highest BCUT2D eigenvalue weighted by Gasteiger charge is 2.25. The van der Waals surface area contributed by atoms with E-state index < -0.39 is 5.25 Å². The van der Waals surface area contributed by atoms with Crippen molar-refractivity contribution in [1.29, 1.82) is 0 Å². The van der Waals surface area contributed by atoms with Gasteiger partial charge in [-0.2, -0.15) is 5.10 Å². The Balaban J connectivity index is 1.48. The molecule has 2 heterocycles. The van der Waals surface area contributed by atoms with Gasteiger partial charge in [0.25, 0.3) is 0 Å². The third-order valence-corrected chi connectivity index (χ3v) is 7.49. The molecule has 10 heteroatoms. The van der Waals surface area contributed by atoms with Gasteiger partial charge in [0.2, 0.25) is 11.8 Å². The number of carbonyl (C=O) groups is 2. The molecule has 4 rings (SSSR count). The predicted octanol–water partition coefficient (Wildman–Crippen LogP) is 4.95. The van der Waals surface area contributed by atoms with Gasteiger partial charge in [-0.1, -0.05) is 70.6 Å². The van der Waals surface area contributed by atoms with Crippen LogP contribution < -0.4 is 5.32 Å². The van der Waals surface area contributed by atoms with Gasteiger partial charge in [0.15, 0.2) is 10.3 Å². The van der Waals surface area contributed by atoms with Gasteiger partial charge in [0, 0.05) is 17.1 Å². The largest absolute Gasteiger partial charge is 0.303 e. The van der Waals surface area contributed by atoms with Crippen molar-refractivity contribution in [3.8, 4) is 0 Å². The third-order valence-electron chi connectivity index (χ3n) is 4.77. The molecule has 3 aromatic rings.